The van der Waals surface area contributed by atoms with Crippen LogP contribution in [0.4, 0.5) is 0 Å². The molecule has 1 rings (SSSR count). The number of carbonyl (C=O) groups is 1. The first-order valence-electron chi connectivity index (χ1n) is 6.44. The van der Waals surface area contributed by atoms with E-state index in [0.717, 1.165) is 0 Å². The van der Waals surface area contributed by atoms with Gasteiger partial charge in [-0.05, 0) is 30.9 Å². The van der Waals surface area contributed by atoms with E-state index in [0.29, 0.717) is 34.4 Å². The molecule has 112 valence electrons. The molecule has 0 heterocycles. The molecule has 0 amide bonds. The number of carboxylic acid groups (broad SMARTS) is 1. The van der Waals surface area contributed by atoms with Crippen LogP contribution in [-0.4, -0.2) is 17.7 Å². The first-order valence-corrected chi connectivity index (χ1v) is 7.19. The quantitative estimate of drug-likeness (QED) is 0.799. The molecule has 2 atom stereocenters. The zero-order valence-electron chi connectivity index (χ0n) is 11.5. The van der Waals surface area contributed by atoms with Crippen molar-refractivity contribution in [2.45, 2.75) is 32.7 Å². The van der Waals surface area contributed by atoms with Gasteiger partial charge in [0.25, 0.3) is 0 Å². The Morgan fingerprint density at radius 3 is 2.60 bits per heavy atom. The van der Waals surface area contributed by atoms with Crippen LogP contribution in [0.15, 0.2) is 12.1 Å². The smallest absolute Gasteiger partial charge is 0.303 e. The Kier molecular flexibility index (Phi) is 6.59. The molecular formula is C14H19Cl2NO3. The topological polar surface area (TPSA) is 72.5 Å². The third-order valence-corrected chi connectivity index (χ3v) is 3.55. The second-order valence-electron chi connectivity index (χ2n) is 4.78. The summed E-state index contributed by atoms with van der Waals surface area (Å²) in [5, 5.41) is 9.69. The first kappa shape index (κ1) is 17.1. The van der Waals surface area contributed by atoms with Crippen molar-refractivity contribution in [3.05, 3.63) is 27.7 Å². The predicted octanol–water partition coefficient (Wildman–Crippen LogP) is 3.89. The minimum absolute atomic E-state index is 0.0380. The number of carboxylic acids is 1. The van der Waals surface area contributed by atoms with Crippen molar-refractivity contribution in [3.8, 4) is 5.75 Å². The van der Waals surface area contributed by atoms with Gasteiger partial charge in [-0.25, -0.2) is 0 Å². The summed E-state index contributed by atoms with van der Waals surface area (Å²) >= 11 is 12.3. The van der Waals surface area contributed by atoms with E-state index in [9.17, 15) is 4.79 Å². The van der Waals surface area contributed by atoms with Gasteiger partial charge in [0.1, 0.15) is 5.75 Å². The van der Waals surface area contributed by atoms with E-state index < -0.39 is 5.97 Å². The van der Waals surface area contributed by atoms with E-state index in [2.05, 4.69) is 0 Å². The lowest BCUT2D eigenvalue weighted by atomic mass is 9.94. The van der Waals surface area contributed by atoms with Gasteiger partial charge >= 0.3 is 5.97 Å². The lowest BCUT2D eigenvalue weighted by molar-refractivity contribution is -0.138. The first-order chi connectivity index (χ1) is 9.35. The largest absolute Gasteiger partial charge is 0.492 e. The summed E-state index contributed by atoms with van der Waals surface area (Å²) in [4.78, 5) is 10.7. The van der Waals surface area contributed by atoms with Gasteiger partial charge in [0.15, 0.2) is 0 Å². The zero-order valence-corrected chi connectivity index (χ0v) is 13.0. The summed E-state index contributed by atoms with van der Waals surface area (Å²) in [5.74, 6) is -0.349. The van der Waals surface area contributed by atoms with Gasteiger partial charge in [0.05, 0.1) is 11.6 Å². The van der Waals surface area contributed by atoms with Crippen LogP contribution >= 0.6 is 23.2 Å². The number of benzene rings is 1. The van der Waals surface area contributed by atoms with E-state index in [1.165, 1.54) is 0 Å². The van der Waals surface area contributed by atoms with E-state index in [4.69, 9.17) is 38.8 Å². The predicted molar refractivity (Wildman–Crippen MR) is 80.6 cm³/mol. The molecule has 0 fully saturated rings. The summed E-state index contributed by atoms with van der Waals surface area (Å²) in [6, 6.07) is 2.97. The van der Waals surface area contributed by atoms with Crippen LogP contribution in [0.25, 0.3) is 0 Å². The second-order valence-corrected chi connectivity index (χ2v) is 5.60. The van der Waals surface area contributed by atoms with Gasteiger partial charge in [-0.15, -0.1) is 0 Å². The molecule has 3 N–H and O–H groups in total. The number of hydrogen-bond acceptors (Lipinski definition) is 3. The maximum absolute atomic E-state index is 10.7. The Balaban J connectivity index is 2.85. The molecule has 0 aliphatic heterocycles. The summed E-state index contributed by atoms with van der Waals surface area (Å²) in [6.07, 6.45) is 0.604. The average Bonchev–Trinajstić information content (AvgIpc) is 2.32. The van der Waals surface area contributed by atoms with Crippen molar-refractivity contribution in [3.63, 3.8) is 0 Å². The Morgan fingerprint density at radius 1 is 1.40 bits per heavy atom. The fourth-order valence-corrected chi connectivity index (χ4v) is 2.56. The zero-order chi connectivity index (χ0) is 15.3. The van der Waals surface area contributed by atoms with Crippen LogP contribution in [0.5, 0.6) is 5.75 Å². The van der Waals surface area contributed by atoms with Crippen LogP contribution in [0.2, 0.25) is 10.0 Å². The van der Waals surface area contributed by atoms with Crippen LogP contribution < -0.4 is 10.5 Å². The van der Waals surface area contributed by atoms with Crippen LogP contribution in [-0.2, 0) is 4.79 Å². The highest BCUT2D eigenvalue weighted by Crippen LogP contribution is 2.35. The van der Waals surface area contributed by atoms with Gasteiger partial charge in [-0.1, -0.05) is 30.1 Å². The molecule has 0 aliphatic carbocycles. The molecule has 0 spiro atoms. The molecule has 6 heteroatoms. The van der Waals surface area contributed by atoms with Crippen molar-refractivity contribution in [1.82, 2.24) is 0 Å². The van der Waals surface area contributed by atoms with E-state index >= 15 is 0 Å². The molecule has 20 heavy (non-hydrogen) atoms. The number of ether oxygens (including phenoxy) is 1. The van der Waals surface area contributed by atoms with Crippen LogP contribution in [0.3, 0.4) is 0 Å². The molecule has 0 saturated heterocycles. The summed E-state index contributed by atoms with van der Waals surface area (Å²) in [7, 11) is 0. The number of hydrogen-bond donors (Lipinski definition) is 2. The van der Waals surface area contributed by atoms with Gasteiger partial charge in [-0.2, -0.15) is 0 Å². The molecular weight excluding hydrogens is 301 g/mol. The Bertz CT molecular complexity index is 480. The SMILES string of the molecule is CCOc1cc(Cl)c(C(N)CC(C)CC(=O)O)cc1Cl. The van der Waals surface area contributed by atoms with Crippen molar-refractivity contribution < 1.29 is 14.6 Å². The minimum Gasteiger partial charge on any atom is -0.492 e. The normalized spacial score (nSPS) is 13.8. The molecule has 0 saturated carbocycles. The molecule has 2 unspecified atom stereocenters. The standard InChI is InChI=1S/C14H19Cl2NO3/c1-3-20-13-7-10(15)9(6-11(13)16)12(17)4-8(2)5-14(18)19/h6-8,12H,3-5,17H2,1-2H3,(H,18,19). The van der Waals surface area contributed by atoms with Crippen molar-refractivity contribution in [2.24, 2.45) is 11.7 Å². The maximum Gasteiger partial charge on any atom is 0.303 e. The molecule has 4 nitrogen and oxygen atoms in total. The fraction of sp³-hybridized carbons (Fsp3) is 0.500. The van der Waals surface area contributed by atoms with E-state index in [-0.39, 0.29) is 18.4 Å². The Hall–Kier alpha value is -0.970. The molecule has 0 aliphatic rings. The summed E-state index contributed by atoms with van der Waals surface area (Å²) in [6.45, 7) is 4.20. The highest BCUT2D eigenvalue weighted by Gasteiger charge is 2.18. The van der Waals surface area contributed by atoms with Gasteiger partial charge < -0.3 is 15.6 Å². The summed E-state index contributed by atoms with van der Waals surface area (Å²) in [5.41, 5.74) is 6.79. The van der Waals surface area contributed by atoms with E-state index in [1.54, 1.807) is 12.1 Å². The number of rotatable bonds is 7. The van der Waals surface area contributed by atoms with Crippen LogP contribution in [0.1, 0.15) is 38.3 Å². The molecule has 0 radical (unpaired) electrons. The Labute approximate surface area is 128 Å². The highest BCUT2D eigenvalue weighted by atomic mass is 35.5. The third kappa shape index (κ3) is 4.85. The fourth-order valence-electron chi connectivity index (χ4n) is 2.04. The van der Waals surface area contributed by atoms with Crippen molar-refractivity contribution in [2.75, 3.05) is 6.61 Å². The van der Waals surface area contributed by atoms with E-state index in [1.807, 2.05) is 13.8 Å². The Morgan fingerprint density at radius 2 is 2.05 bits per heavy atom. The van der Waals surface area contributed by atoms with Gasteiger partial charge in [0, 0.05) is 23.6 Å². The molecule has 1 aromatic carbocycles. The van der Waals surface area contributed by atoms with Gasteiger partial charge in [-0.3, -0.25) is 4.79 Å². The minimum atomic E-state index is -0.833. The molecule has 1 aromatic rings. The lowest BCUT2D eigenvalue weighted by Crippen LogP contribution is -2.16. The van der Waals surface area contributed by atoms with Gasteiger partial charge in [0.2, 0.25) is 0 Å². The summed E-state index contributed by atoms with van der Waals surface area (Å²) < 4.78 is 5.35. The van der Waals surface area contributed by atoms with Crippen molar-refractivity contribution in [1.29, 1.82) is 0 Å². The number of aliphatic carboxylic acids is 1. The highest BCUT2D eigenvalue weighted by molar-refractivity contribution is 6.34. The molecule has 0 bridgehead atoms. The monoisotopic (exact) mass is 319 g/mol. The van der Waals surface area contributed by atoms with Crippen molar-refractivity contribution >= 4 is 29.2 Å². The average molecular weight is 320 g/mol. The molecule has 0 aromatic heterocycles. The lowest BCUT2D eigenvalue weighted by Gasteiger charge is -2.19. The number of halogens is 2. The second kappa shape index (κ2) is 7.72. The number of nitrogens with two attached hydrogens (primary N) is 1. The third-order valence-electron chi connectivity index (χ3n) is 2.93. The maximum atomic E-state index is 10.7. The van der Waals surface area contributed by atoms with Crippen LogP contribution in [0, 0.1) is 5.92 Å².